The molecule has 6 aromatic rings. The maximum absolute atomic E-state index is 13.7. The highest BCUT2D eigenvalue weighted by Gasteiger charge is 2.18. The van der Waals surface area contributed by atoms with Crippen molar-refractivity contribution in [2.45, 2.75) is 12.8 Å². The van der Waals surface area contributed by atoms with Crippen molar-refractivity contribution in [1.29, 1.82) is 0 Å². The molecule has 7 rings (SSSR count). The van der Waals surface area contributed by atoms with Crippen LogP contribution in [0.3, 0.4) is 0 Å². The van der Waals surface area contributed by atoms with Crippen molar-refractivity contribution in [3.05, 3.63) is 113 Å². The average Bonchev–Trinajstić information content (AvgIpc) is 3.27. The van der Waals surface area contributed by atoms with Crippen LogP contribution in [0.2, 0.25) is 0 Å². The normalized spacial score (nSPS) is 14.0. The first-order chi connectivity index (χ1) is 16.3. The van der Waals surface area contributed by atoms with Crippen LogP contribution in [-0.4, -0.2) is 9.38 Å². The number of hydrogen-bond acceptors (Lipinski definition) is 2. The van der Waals surface area contributed by atoms with Crippen LogP contribution in [0, 0.1) is 0 Å². The zero-order chi connectivity index (χ0) is 21.9. The molecule has 0 atom stereocenters. The Hall–Kier alpha value is -4.24. The van der Waals surface area contributed by atoms with Crippen LogP contribution in [0.15, 0.2) is 102 Å². The number of benzene rings is 4. The van der Waals surface area contributed by atoms with Gasteiger partial charge in [-0.1, -0.05) is 78.9 Å². The van der Waals surface area contributed by atoms with Gasteiger partial charge in [0.2, 0.25) is 0 Å². The van der Waals surface area contributed by atoms with Crippen molar-refractivity contribution in [1.82, 2.24) is 9.38 Å². The van der Waals surface area contributed by atoms with E-state index in [1.165, 1.54) is 11.1 Å². The molecule has 1 aliphatic rings. The highest BCUT2D eigenvalue weighted by Crippen LogP contribution is 2.36. The van der Waals surface area contributed by atoms with Crippen molar-refractivity contribution < 1.29 is 0 Å². The van der Waals surface area contributed by atoms with Crippen molar-refractivity contribution in [2.24, 2.45) is 0 Å². The smallest absolute Gasteiger partial charge is 0.264 e. The fourth-order valence-corrected chi connectivity index (χ4v) is 5.27. The van der Waals surface area contributed by atoms with E-state index < -0.39 is 0 Å². The third-order valence-electron chi connectivity index (χ3n) is 6.84. The van der Waals surface area contributed by atoms with Gasteiger partial charge in [-0.05, 0) is 58.7 Å². The summed E-state index contributed by atoms with van der Waals surface area (Å²) >= 11 is 0. The van der Waals surface area contributed by atoms with Gasteiger partial charge in [0.15, 0.2) is 0 Å². The van der Waals surface area contributed by atoms with Gasteiger partial charge in [0, 0.05) is 16.2 Å². The molecular formula is C30H20N2O. The van der Waals surface area contributed by atoms with E-state index >= 15 is 0 Å². The molecule has 156 valence electrons. The van der Waals surface area contributed by atoms with E-state index in [1.54, 1.807) is 4.40 Å². The van der Waals surface area contributed by atoms with E-state index in [-0.39, 0.29) is 5.56 Å². The molecule has 2 aromatic heterocycles. The number of nitrogens with zero attached hydrogens (tertiary/aromatic N) is 2. The Labute approximate surface area is 190 Å². The Morgan fingerprint density at radius 2 is 1.67 bits per heavy atom. The van der Waals surface area contributed by atoms with Gasteiger partial charge >= 0.3 is 0 Å². The summed E-state index contributed by atoms with van der Waals surface area (Å²) in [4.78, 5) is 18.7. The largest absolute Gasteiger partial charge is 0.268 e. The Bertz CT molecular complexity index is 1820. The number of aromatic nitrogens is 2. The Morgan fingerprint density at radius 3 is 2.52 bits per heavy atom. The van der Waals surface area contributed by atoms with E-state index in [4.69, 9.17) is 4.98 Å². The quantitative estimate of drug-likeness (QED) is 0.300. The zero-order valence-electron chi connectivity index (χ0n) is 18.0. The summed E-state index contributed by atoms with van der Waals surface area (Å²) < 4.78 is 1.79. The van der Waals surface area contributed by atoms with Gasteiger partial charge in [-0.25, -0.2) is 4.98 Å². The second kappa shape index (κ2) is 6.88. The SMILES string of the molecule is O=c1c2ccc(-c3ccccc3)c3cccc(c32)c2nc3cc(C4=CC=CCC4)ccc3n12. The molecule has 0 aliphatic heterocycles. The molecule has 3 nitrogen and oxygen atoms in total. The van der Waals surface area contributed by atoms with Gasteiger partial charge in [0.1, 0.15) is 5.65 Å². The lowest BCUT2D eigenvalue weighted by Gasteiger charge is -2.12. The van der Waals surface area contributed by atoms with Crippen molar-refractivity contribution in [2.75, 3.05) is 0 Å². The van der Waals surface area contributed by atoms with Crippen LogP contribution in [0.5, 0.6) is 0 Å². The molecule has 0 saturated carbocycles. The van der Waals surface area contributed by atoms with Crippen LogP contribution in [-0.2, 0) is 0 Å². The molecule has 33 heavy (non-hydrogen) atoms. The number of allylic oxidation sites excluding steroid dienone is 4. The van der Waals surface area contributed by atoms with Gasteiger partial charge in [0.05, 0.1) is 11.0 Å². The summed E-state index contributed by atoms with van der Waals surface area (Å²) in [5, 5.41) is 3.82. The topological polar surface area (TPSA) is 34.4 Å². The lowest BCUT2D eigenvalue weighted by atomic mass is 9.94. The predicted octanol–water partition coefficient (Wildman–Crippen LogP) is 6.99. The van der Waals surface area contributed by atoms with E-state index in [9.17, 15) is 4.79 Å². The van der Waals surface area contributed by atoms with Gasteiger partial charge < -0.3 is 0 Å². The Morgan fingerprint density at radius 1 is 0.788 bits per heavy atom. The third kappa shape index (κ3) is 2.63. The lowest BCUT2D eigenvalue weighted by molar-refractivity contribution is 1.05. The molecule has 0 saturated heterocycles. The van der Waals surface area contributed by atoms with Crippen molar-refractivity contribution in [3.8, 4) is 11.1 Å². The first-order valence-corrected chi connectivity index (χ1v) is 11.3. The third-order valence-corrected chi connectivity index (χ3v) is 6.84. The minimum Gasteiger partial charge on any atom is -0.268 e. The molecule has 0 bridgehead atoms. The zero-order valence-corrected chi connectivity index (χ0v) is 18.0. The van der Waals surface area contributed by atoms with E-state index in [0.29, 0.717) is 0 Å². The molecule has 0 N–H and O–H groups in total. The summed E-state index contributed by atoms with van der Waals surface area (Å²) in [5.41, 5.74) is 7.21. The van der Waals surface area contributed by atoms with Crippen molar-refractivity contribution in [3.63, 3.8) is 0 Å². The van der Waals surface area contributed by atoms with E-state index in [2.05, 4.69) is 66.8 Å². The standard InChI is InChI=1S/C30H20N2O/c33-30-25-16-15-22(20-10-5-2-6-11-20)23-12-7-13-24(28(23)25)29-31-26-18-21(14-17-27(26)32(29)30)19-8-3-1-4-9-19/h1-3,5-8,10-18H,4,9H2. The lowest BCUT2D eigenvalue weighted by Crippen LogP contribution is -2.13. The first kappa shape index (κ1) is 18.3. The molecule has 2 heterocycles. The summed E-state index contributed by atoms with van der Waals surface area (Å²) in [5.74, 6) is 0. The second-order valence-electron chi connectivity index (χ2n) is 8.69. The van der Waals surface area contributed by atoms with Gasteiger partial charge in [-0.15, -0.1) is 0 Å². The minimum atomic E-state index is -0.0108. The fourth-order valence-electron chi connectivity index (χ4n) is 5.27. The molecule has 4 aromatic carbocycles. The molecule has 3 heteroatoms. The Kier molecular flexibility index (Phi) is 3.82. The second-order valence-corrected chi connectivity index (χ2v) is 8.69. The summed E-state index contributed by atoms with van der Waals surface area (Å²) in [6.07, 6.45) is 8.57. The number of fused-ring (bicyclic) bond motifs is 4. The van der Waals surface area contributed by atoms with Crippen LogP contribution in [0.25, 0.3) is 54.9 Å². The number of imidazole rings is 1. The molecule has 0 unspecified atom stereocenters. The Balaban J connectivity index is 1.57. The summed E-state index contributed by atoms with van der Waals surface area (Å²) in [6, 6.07) is 26.9. The van der Waals surface area contributed by atoms with Crippen LogP contribution in [0.4, 0.5) is 0 Å². The maximum Gasteiger partial charge on any atom is 0.264 e. The summed E-state index contributed by atoms with van der Waals surface area (Å²) in [6.45, 7) is 0. The monoisotopic (exact) mass is 424 g/mol. The predicted molar refractivity (Wildman–Crippen MR) is 137 cm³/mol. The number of hydrogen-bond donors (Lipinski definition) is 0. The molecule has 0 radical (unpaired) electrons. The van der Waals surface area contributed by atoms with Gasteiger partial charge in [-0.3, -0.25) is 9.20 Å². The van der Waals surface area contributed by atoms with Crippen LogP contribution in [0.1, 0.15) is 18.4 Å². The van der Waals surface area contributed by atoms with Gasteiger partial charge in [-0.2, -0.15) is 0 Å². The summed E-state index contributed by atoms with van der Waals surface area (Å²) in [7, 11) is 0. The molecule has 0 amide bonds. The molecular weight excluding hydrogens is 404 g/mol. The average molecular weight is 425 g/mol. The fraction of sp³-hybridized carbons (Fsp3) is 0.0667. The van der Waals surface area contributed by atoms with Gasteiger partial charge in [0.25, 0.3) is 5.56 Å². The van der Waals surface area contributed by atoms with E-state index in [0.717, 1.165) is 62.2 Å². The highest BCUT2D eigenvalue weighted by molar-refractivity contribution is 6.19. The number of pyridine rings is 1. The molecule has 1 aliphatic carbocycles. The van der Waals surface area contributed by atoms with Crippen molar-refractivity contribution >= 4 is 43.8 Å². The number of rotatable bonds is 2. The molecule has 0 fully saturated rings. The minimum absolute atomic E-state index is 0.0108. The highest BCUT2D eigenvalue weighted by atomic mass is 16.1. The first-order valence-electron chi connectivity index (χ1n) is 11.3. The molecule has 0 spiro atoms. The maximum atomic E-state index is 13.7. The van der Waals surface area contributed by atoms with Crippen LogP contribution >= 0.6 is 0 Å². The van der Waals surface area contributed by atoms with E-state index in [1.807, 2.05) is 30.3 Å². The van der Waals surface area contributed by atoms with Crippen LogP contribution < -0.4 is 5.56 Å².